The van der Waals surface area contributed by atoms with Crippen LogP contribution in [0.1, 0.15) is 23.5 Å². The molecule has 1 fully saturated rings. The molecule has 0 bridgehead atoms. The lowest BCUT2D eigenvalue weighted by molar-refractivity contribution is 0.0104. The van der Waals surface area contributed by atoms with E-state index in [1.54, 1.807) is 20.5 Å². The summed E-state index contributed by atoms with van der Waals surface area (Å²) < 4.78 is 22.0. The van der Waals surface area contributed by atoms with Crippen molar-refractivity contribution < 1.29 is 18.6 Å². The molecule has 124 valence electrons. The predicted molar refractivity (Wildman–Crippen MR) is 87.1 cm³/mol. The van der Waals surface area contributed by atoms with E-state index >= 15 is 0 Å². The fourth-order valence-electron chi connectivity index (χ4n) is 3.03. The first kappa shape index (κ1) is 15.9. The van der Waals surface area contributed by atoms with E-state index in [2.05, 4.69) is 5.32 Å². The third-order valence-electron chi connectivity index (χ3n) is 4.27. The Hall–Kier alpha value is -1.98. The highest BCUT2D eigenvalue weighted by atomic mass is 16.5. The van der Waals surface area contributed by atoms with Crippen molar-refractivity contribution in [3.63, 3.8) is 0 Å². The molecule has 0 radical (unpaired) electrons. The van der Waals surface area contributed by atoms with Gasteiger partial charge < -0.3 is 23.9 Å². The van der Waals surface area contributed by atoms with E-state index < -0.39 is 0 Å². The molecule has 1 N–H and O–H groups in total. The molecule has 1 aliphatic heterocycles. The van der Waals surface area contributed by atoms with Gasteiger partial charge in [0.05, 0.1) is 39.5 Å². The second kappa shape index (κ2) is 7.53. The van der Waals surface area contributed by atoms with Crippen molar-refractivity contribution in [3.05, 3.63) is 47.9 Å². The van der Waals surface area contributed by atoms with Crippen LogP contribution in [0.15, 0.2) is 41.2 Å². The van der Waals surface area contributed by atoms with Gasteiger partial charge in [-0.2, -0.15) is 0 Å². The summed E-state index contributed by atoms with van der Waals surface area (Å²) in [5, 5.41) is 3.40. The Morgan fingerprint density at radius 3 is 2.61 bits per heavy atom. The lowest BCUT2D eigenvalue weighted by atomic mass is 9.89. The Bertz CT molecular complexity index is 589. The van der Waals surface area contributed by atoms with Crippen LogP contribution >= 0.6 is 0 Å². The van der Waals surface area contributed by atoms with Crippen molar-refractivity contribution in [2.24, 2.45) is 0 Å². The monoisotopic (exact) mass is 317 g/mol. The molecule has 2 atom stereocenters. The Morgan fingerprint density at radius 1 is 1.17 bits per heavy atom. The number of hydrogen-bond acceptors (Lipinski definition) is 5. The van der Waals surface area contributed by atoms with E-state index in [4.69, 9.17) is 18.6 Å². The van der Waals surface area contributed by atoms with Gasteiger partial charge in [-0.1, -0.05) is 0 Å². The molecule has 0 spiro atoms. The minimum Gasteiger partial charge on any atom is -0.497 e. The summed E-state index contributed by atoms with van der Waals surface area (Å²) in [6.07, 6.45) is 4.71. The zero-order valence-corrected chi connectivity index (χ0v) is 13.6. The van der Waals surface area contributed by atoms with Gasteiger partial charge in [0.15, 0.2) is 0 Å². The van der Waals surface area contributed by atoms with Crippen molar-refractivity contribution in [1.29, 1.82) is 0 Å². The van der Waals surface area contributed by atoms with Crippen LogP contribution in [0.2, 0.25) is 0 Å². The summed E-state index contributed by atoms with van der Waals surface area (Å²) in [7, 11) is 3.30. The maximum absolute atomic E-state index is 6.19. The summed E-state index contributed by atoms with van der Waals surface area (Å²) in [6.45, 7) is 2.37. The lowest BCUT2D eigenvalue weighted by Crippen LogP contribution is -2.40. The third-order valence-corrected chi connectivity index (χ3v) is 4.27. The molecule has 0 saturated carbocycles. The number of rotatable bonds is 6. The van der Waals surface area contributed by atoms with E-state index in [9.17, 15) is 0 Å². The predicted octanol–water partition coefficient (Wildman–Crippen LogP) is 2.96. The first-order valence-corrected chi connectivity index (χ1v) is 7.86. The molecule has 3 rings (SSSR count). The summed E-state index contributed by atoms with van der Waals surface area (Å²) in [5.74, 6) is 1.91. The average molecular weight is 317 g/mol. The molecule has 5 nitrogen and oxygen atoms in total. The fourth-order valence-corrected chi connectivity index (χ4v) is 3.03. The van der Waals surface area contributed by atoms with Gasteiger partial charge >= 0.3 is 0 Å². The first-order chi connectivity index (χ1) is 11.3. The molecule has 0 unspecified atom stereocenters. The standard InChI is InChI=1S/C18H23NO4/c1-20-15-7-13(8-16(9-15)21-2)11-23-18-10-19-5-3-17(18)14-4-6-22-12-14/h4,6-9,12,17-19H,3,5,10-11H2,1-2H3/t17-,18-/m0/s1. The zero-order chi connectivity index (χ0) is 16.1. The first-order valence-electron chi connectivity index (χ1n) is 7.86. The molecule has 1 aromatic carbocycles. The lowest BCUT2D eigenvalue weighted by Gasteiger charge is -2.31. The Balaban J connectivity index is 1.68. The van der Waals surface area contributed by atoms with E-state index in [-0.39, 0.29) is 6.10 Å². The Labute approximate surface area is 136 Å². The number of furan rings is 1. The number of benzene rings is 1. The minimum absolute atomic E-state index is 0.124. The van der Waals surface area contributed by atoms with Crippen LogP contribution in [0.4, 0.5) is 0 Å². The van der Waals surface area contributed by atoms with Gasteiger partial charge in [0.1, 0.15) is 11.5 Å². The molecule has 23 heavy (non-hydrogen) atoms. The highest BCUT2D eigenvalue weighted by molar-refractivity contribution is 5.38. The average Bonchev–Trinajstić information content (AvgIpc) is 3.14. The topological polar surface area (TPSA) is 52.9 Å². The van der Waals surface area contributed by atoms with Crippen LogP contribution in [0.5, 0.6) is 11.5 Å². The summed E-state index contributed by atoms with van der Waals surface area (Å²) in [4.78, 5) is 0. The second-order valence-electron chi connectivity index (χ2n) is 5.73. The van der Waals surface area contributed by atoms with Gasteiger partial charge in [-0.3, -0.25) is 0 Å². The van der Waals surface area contributed by atoms with Crippen LogP contribution in [-0.4, -0.2) is 33.4 Å². The normalized spacial score (nSPS) is 21.1. The number of hydrogen-bond donors (Lipinski definition) is 1. The van der Waals surface area contributed by atoms with Gasteiger partial charge in [-0.25, -0.2) is 0 Å². The van der Waals surface area contributed by atoms with Crippen LogP contribution in [-0.2, 0) is 11.3 Å². The van der Waals surface area contributed by atoms with Gasteiger partial charge in [0, 0.05) is 18.5 Å². The van der Waals surface area contributed by atoms with E-state index in [1.165, 1.54) is 5.56 Å². The number of piperidine rings is 1. The van der Waals surface area contributed by atoms with Crippen molar-refractivity contribution in [3.8, 4) is 11.5 Å². The SMILES string of the molecule is COc1cc(CO[C@H]2CNCC[C@H]2c2ccoc2)cc(OC)c1. The van der Waals surface area contributed by atoms with Gasteiger partial charge in [0.2, 0.25) is 0 Å². The van der Waals surface area contributed by atoms with Crippen LogP contribution in [0.25, 0.3) is 0 Å². The number of ether oxygens (including phenoxy) is 3. The van der Waals surface area contributed by atoms with E-state index in [0.717, 1.165) is 36.6 Å². The zero-order valence-electron chi connectivity index (χ0n) is 13.6. The summed E-state index contributed by atoms with van der Waals surface area (Å²) in [6, 6.07) is 7.85. The molecule has 0 aliphatic carbocycles. The van der Waals surface area contributed by atoms with Gasteiger partial charge in [-0.15, -0.1) is 0 Å². The third kappa shape index (κ3) is 3.86. The van der Waals surface area contributed by atoms with Crippen LogP contribution < -0.4 is 14.8 Å². The molecular weight excluding hydrogens is 294 g/mol. The molecule has 0 amide bonds. The number of nitrogens with one attached hydrogen (secondary N) is 1. The largest absolute Gasteiger partial charge is 0.497 e. The Kier molecular flexibility index (Phi) is 5.20. The quantitative estimate of drug-likeness (QED) is 0.888. The number of methoxy groups -OCH3 is 2. The van der Waals surface area contributed by atoms with Crippen LogP contribution in [0, 0.1) is 0 Å². The van der Waals surface area contributed by atoms with Gasteiger partial charge in [0.25, 0.3) is 0 Å². The minimum atomic E-state index is 0.124. The fraction of sp³-hybridized carbons (Fsp3) is 0.444. The van der Waals surface area contributed by atoms with E-state index in [1.807, 2.05) is 30.5 Å². The molecular formula is C18H23NO4. The molecule has 1 aliphatic rings. The summed E-state index contributed by atoms with van der Waals surface area (Å²) in [5.41, 5.74) is 2.25. The Morgan fingerprint density at radius 2 is 1.96 bits per heavy atom. The van der Waals surface area contributed by atoms with Crippen molar-refractivity contribution >= 4 is 0 Å². The molecule has 1 aromatic heterocycles. The van der Waals surface area contributed by atoms with E-state index in [0.29, 0.717) is 12.5 Å². The summed E-state index contributed by atoms with van der Waals surface area (Å²) >= 11 is 0. The van der Waals surface area contributed by atoms with Crippen LogP contribution in [0.3, 0.4) is 0 Å². The maximum atomic E-state index is 6.19. The second-order valence-corrected chi connectivity index (χ2v) is 5.73. The van der Waals surface area contributed by atoms with Crippen molar-refractivity contribution in [2.45, 2.75) is 25.0 Å². The highest BCUT2D eigenvalue weighted by Crippen LogP contribution is 2.29. The van der Waals surface area contributed by atoms with Gasteiger partial charge in [-0.05, 0) is 42.3 Å². The smallest absolute Gasteiger partial charge is 0.122 e. The van der Waals surface area contributed by atoms with Crippen molar-refractivity contribution in [2.75, 3.05) is 27.3 Å². The highest BCUT2D eigenvalue weighted by Gasteiger charge is 2.27. The maximum Gasteiger partial charge on any atom is 0.122 e. The molecule has 1 saturated heterocycles. The molecule has 2 heterocycles. The van der Waals surface area contributed by atoms with Crippen molar-refractivity contribution in [1.82, 2.24) is 5.32 Å². The molecule has 2 aromatic rings. The molecule has 5 heteroatoms.